The van der Waals surface area contributed by atoms with Crippen LogP contribution >= 0.6 is 11.6 Å². The average molecular weight is 464 g/mol. The minimum Gasteiger partial charge on any atom is -0.494 e. The number of hydrogen-bond acceptors (Lipinski definition) is 4. The molecular formula is C27H26ClNO4. The van der Waals surface area contributed by atoms with E-state index in [9.17, 15) is 4.79 Å². The fourth-order valence-corrected chi connectivity index (χ4v) is 4.11. The van der Waals surface area contributed by atoms with Crippen LogP contribution in [0.1, 0.15) is 35.5 Å². The summed E-state index contributed by atoms with van der Waals surface area (Å²) in [6.07, 6.45) is 0. The van der Waals surface area contributed by atoms with Gasteiger partial charge >= 0.3 is 5.97 Å². The zero-order chi connectivity index (χ0) is 23.4. The van der Waals surface area contributed by atoms with E-state index in [1.807, 2.05) is 80.6 Å². The number of aromatic nitrogens is 1. The lowest BCUT2D eigenvalue weighted by atomic mass is 10.1. The van der Waals surface area contributed by atoms with Crippen LogP contribution in [0.4, 0.5) is 0 Å². The van der Waals surface area contributed by atoms with Gasteiger partial charge in [-0.25, -0.2) is 4.79 Å². The largest absolute Gasteiger partial charge is 0.494 e. The Balaban J connectivity index is 1.76. The maximum absolute atomic E-state index is 12.9. The first-order valence-electron chi connectivity index (χ1n) is 10.9. The van der Waals surface area contributed by atoms with Crippen molar-refractivity contribution in [2.24, 2.45) is 0 Å². The lowest BCUT2D eigenvalue weighted by molar-refractivity contribution is 0.0527. The van der Waals surface area contributed by atoms with Crippen LogP contribution in [-0.2, 0) is 11.3 Å². The topological polar surface area (TPSA) is 49.7 Å². The highest BCUT2D eigenvalue weighted by Crippen LogP contribution is 2.33. The fourth-order valence-electron chi connectivity index (χ4n) is 3.92. The molecule has 170 valence electrons. The third-order valence-electron chi connectivity index (χ3n) is 5.41. The highest BCUT2D eigenvalue weighted by atomic mass is 35.5. The van der Waals surface area contributed by atoms with Crippen molar-refractivity contribution in [1.29, 1.82) is 0 Å². The van der Waals surface area contributed by atoms with Crippen molar-refractivity contribution in [3.05, 3.63) is 88.6 Å². The van der Waals surface area contributed by atoms with Gasteiger partial charge in [-0.1, -0.05) is 29.8 Å². The summed E-state index contributed by atoms with van der Waals surface area (Å²) >= 11 is 6.26. The van der Waals surface area contributed by atoms with Crippen molar-refractivity contribution in [1.82, 2.24) is 4.57 Å². The molecule has 0 radical (unpaired) electrons. The van der Waals surface area contributed by atoms with Crippen molar-refractivity contribution in [3.8, 4) is 17.2 Å². The second-order valence-corrected chi connectivity index (χ2v) is 7.91. The maximum Gasteiger partial charge on any atom is 0.340 e. The van der Waals surface area contributed by atoms with Gasteiger partial charge in [0.05, 0.1) is 24.3 Å². The minimum atomic E-state index is -0.354. The molecule has 4 rings (SSSR count). The number of ether oxygens (including phenoxy) is 3. The van der Waals surface area contributed by atoms with Crippen molar-refractivity contribution < 1.29 is 19.0 Å². The summed E-state index contributed by atoms with van der Waals surface area (Å²) in [4.78, 5) is 12.9. The fraction of sp³-hybridized carbons (Fsp3) is 0.222. The predicted molar refractivity (Wildman–Crippen MR) is 131 cm³/mol. The summed E-state index contributed by atoms with van der Waals surface area (Å²) in [5, 5.41) is 1.43. The van der Waals surface area contributed by atoms with Crippen LogP contribution in [-0.4, -0.2) is 23.8 Å². The van der Waals surface area contributed by atoms with Crippen LogP contribution in [0.5, 0.6) is 11.5 Å². The van der Waals surface area contributed by atoms with Crippen molar-refractivity contribution in [3.63, 3.8) is 0 Å². The van der Waals surface area contributed by atoms with Crippen molar-refractivity contribution in [2.75, 3.05) is 13.2 Å². The van der Waals surface area contributed by atoms with E-state index < -0.39 is 0 Å². The van der Waals surface area contributed by atoms with Gasteiger partial charge in [-0.05, 0) is 69.3 Å². The van der Waals surface area contributed by atoms with E-state index in [0.717, 1.165) is 33.6 Å². The van der Waals surface area contributed by atoms with E-state index in [1.54, 1.807) is 6.92 Å². The summed E-state index contributed by atoms with van der Waals surface area (Å²) in [6, 6.07) is 21.1. The summed E-state index contributed by atoms with van der Waals surface area (Å²) in [5.41, 5.74) is 4.05. The molecule has 0 fully saturated rings. The van der Waals surface area contributed by atoms with Gasteiger partial charge in [0, 0.05) is 27.4 Å². The number of fused-ring (bicyclic) bond motifs is 1. The van der Waals surface area contributed by atoms with Crippen molar-refractivity contribution >= 4 is 28.5 Å². The Kier molecular flexibility index (Phi) is 6.90. The minimum absolute atomic E-state index is 0.302. The van der Waals surface area contributed by atoms with Gasteiger partial charge in [0.2, 0.25) is 0 Å². The van der Waals surface area contributed by atoms with E-state index >= 15 is 0 Å². The number of carbonyl (C=O) groups excluding carboxylic acids is 1. The Hall–Kier alpha value is -3.44. The molecular weight excluding hydrogens is 438 g/mol. The molecule has 5 nitrogen and oxygen atoms in total. The van der Waals surface area contributed by atoms with Gasteiger partial charge in [-0.2, -0.15) is 0 Å². The molecule has 0 saturated carbocycles. The first-order valence-corrected chi connectivity index (χ1v) is 11.3. The van der Waals surface area contributed by atoms with Gasteiger partial charge in [-0.15, -0.1) is 0 Å². The summed E-state index contributed by atoms with van der Waals surface area (Å²) in [7, 11) is 0. The molecule has 1 aromatic heterocycles. The molecule has 0 aliphatic carbocycles. The number of hydrogen-bond donors (Lipinski definition) is 0. The number of halogens is 1. The molecule has 4 aromatic rings. The molecule has 0 amide bonds. The van der Waals surface area contributed by atoms with Crippen LogP contribution in [0.25, 0.3) is 16.6 Å². The summed E-state index contributed by atoms with van der Waals surface area (Å²) in [5.74, 6) is 1.10. The van der Waals surface area contributed by atoms with Gasteiger partial charge in [0.25, 0.3) is 0 Å². The molecule has 6 heteroatoms. The van der Waals surface area contributed by atoms with Gasteiger partial charge in [0.1, 0.15) is 18.1 Å². The molecule has 0 bridgehead atoms. The maximum atomic E-state index is 12.9. The zero-order valence-corrected chi connectivity index (χ0v) is 19.7. The standard InChI is InChI=1S/C27H26ClNO4/c1-4-31-21-12-10-20(11-13-21)29-18(3)26(27(30)32-5-2)23-16-22(14-15-25(23)29)33-17-19-8-6-7-9-24(19)28/h6-16H,4-5,17H2,1-3H3. The van der Waals surface area contributed by atoms with Gasteiger partial charge < -0.3 is 18.8 Å². The second-order valence-electron chi connectivity index (χ2n) is 7.50. The summed E-state index contributed by atoms with van der Waals surface area (Å²) in [6.45, 7) is 6.92. The van der Waals surface area contributed by atoms with Crippen LogP contribution in [0.15, 0.2) is 66.7 Å². The Morgan fingerprint density at radius 1 is 0.909 bits per heavy atom. The van der Waals surface area contributed by atoms with E-state index in [2.05, 4.69) is 4.57 Å². The predicted octanol–water partition coefficient (Wildman–Crippen LogP) is 6.75. The number of nitrogens with zero attached hydrogens (tertiary/aromatic N) is 1. The SMILES string of the molecule is CCOC(=O)c1c(C)n(-c2ccc(OCC)cc2)c2ccc(OCc3ccccc3Cl)cc12. The second kappa shape index (κ2) is 10.0. The van der Waals surface area contributed by atoms with Crippen LogP contribution in [0.3, 0.4) is 0 Å². The quantitative estimate of drug-likeness (QED) is 0.271. The van der Waals surface area contributed by atoms with E-state index in [1.165, 1.54) is 0 Å². The molecule has 0 N–H and O–H groups in total. The van der Waals surface area contributed by atoms with Gasteiger partial charge in [-0.3, -0.25) is 0 Å². The Labute approximate surface area is 198 Å². The third-order valence-corrected chi connectivity index (χ3v) is 5.78. The first-order chi connectivity index (χ1) is 16.0. The van der Waals surface area contributed by atoms with Gasteiger partial charge in [0.15, 0.2) is 0 Å². The average Bonchev–Trinajstić information content (AvgIpc) is 3.10. The van der Waals surface area contributed by atoms with Crippen LogP contribution in [0.2, 0.25) is 5.02 Å². The highest BCUT2D eigenvalue weighted by molar-refractivity contribution is 6.31. The molecule has 33 heavy (non-hydrogen) atoms. The molecule has 3 aromatic carbocycles. The van der Waals surface area contributed by atoms with Crippen LogP contribution in [0, 0.1) is 6.92 Å². The Morgan fingerprint density at radius 3 is 2.33 bits per heavy atom. The lowest BCUT2D eigenvalue weighted by Crippen LogP contribution is -2.07. The third kappa shape index (κ3) is 4.69. The summed E-state index contributed by atoms with van der Waals surface area (Å²) < 4.78 is 19.0. The van der Waals surface area contributed by atoms with Crippen molar-refractivity contribution in [2.45, 2.75) is 27.4 Å². The number of carbonyl (C=O) groups is 1. The molecule has 1 heterocycles. The molecule has 0 spiro atoms. The number of rotatable bonds is 8. The first kappa shape index (κ1) is 22.7. The Bertz CT molecular complexity index is 1280. The zero-order valence-electron chi connectivity index (χ0n) is 18.9. The molecule has 0 aliphatic heterocycles. The van der Waals surface area contributed by atoms with Crippen LogP contribution < -0.4 is 9.47 Å². The molecule has 0 saturated heterocycles. The number of benzene rings is 3. The molecule has 0 atom stereocenters. The number of esters is 1. The molecule has 0 aliphatic rings. The van der Waals surface area contributed by atoms with E-state index in [0.29, 0.717) is 36.2 Å². The lowest BCUT2D eigenvalue weighted by Gasteiger charge is -2.11. The van der Waals surface area contributed by atoms with E-state index in [4.69, 9.17) is 25.8 Å². The monoisotopic (exact) mass is 463 g/mol. The normalized spacial score (nSPS) is 10.9. The Morgan fingerprint density at radius 2 is 1.64 bits per heavy atom. The molecule has 0 unspecified atom stereocenters. The smallest absolute Gasteiger partial charge is 0.340 e. The highest BCUT2D eigenvalue weighted by Gasteiger charge is 2.22. The van der Waals surface area contributed by atoms with E-state index in [-0.39, 0.29) is 5.97 Å².